The van der Waals surface area contributed by atoms with E-state index in [9.17, 15) is 15.3 Å². The van der Waals surface area contributed by atoms with Gasteiger partial charge in [-0.25, -0.2) is 0 Å². The smallest absolute Gasteiger partial charge is 0.115 e. The molecular formula is C35H32O3. The van der Waals surface area contributed by atoms with Crippen LogP contribution in [0, 0.1) is 0 Å². The van der Waals surface area contributed by atoms with Gasteiger partial charge in [-0.05, 0) is 81.8 Å². The quantitative estimate of drug-likeness (QED) is 0.211. The third-order valence-electron chi connectivity index (χ3n) is 7.49. The summed E-state index contributed by atoms with van der Waals surface area (Å²) in [7, 11) is 0. The molecule has 5 aromatic carbocycles. The first-order chi connectivity index (χ1) is 18.3. The largest absolute Gasteiger partial charge is 0.508 e. The Morgan fingerprint density at radius 1 is 0.553 bits per heavy atom. The zero-order valence-corrected chi connectivity index (χ0v) is 21.7. The molecule has 3 nitrogen and oxygen atoms in total. The number of benzene rings is 5. The number of hydrogen-bond donors (Lipinski definition) is 3. The maximum atomic E-state index is 9.84. The van der Waals surface area contributed by atoms with Gasteiger partial charge in [0.25, 0.3) is 0 Å². The highest BCUT2D eigenvalue weighted by Gasteiger charge is 2.26. The third-order valence-corrected chi connectivity index (χ3v) is 7.49. The van der Waals surface area contributed by atoms with E-state index < -0.39 is 0 Å². The number of phenols is 3. The van der Waals surface area contributed by atoms with Gasteiger partial charge in [-0.1, -0.05) is 98.8 Å². The van der Waals surface area contributed by atoms with E-state index in [4.69, 9.17) is 0 Å². The number of phenolic OH excluding ortho intramolecular Hbond substituents is 3. The molecule has 0 aliphatic carbocycles. The summed E-state index contributed by atoms with van der Waals surface area (Å²) < 4.78 is 0. The van der Waals surface area contributed by atoms with E-state index >= 15 is 0 Å². The Balaban J connectivity index is 1.51. The normalized spacial score (nSPS) is 12.3. The summed E-state index contributed by atoms with van der Waals surface area (Å²) in [5, 5.41) is 29.3. The van der Waals surface area contributed by atoms with Crippen LogP contribution >= 0.6 is 0 Å². The molecule has 1 unspecified atom stereocenters. The van der Waals surface area contributed by atoms with Crippen LogP contribution in [0.2, 0.25) is 0 Å². The molecule has 0 amide bonds. The average molecular weight is 501 g/mol. The lowest BCUT2D eigenvalue weighted by Gasteiger charge is -2.29. The van der Waals surface area contributed by atoms with E-state index in [1.165, 1.54) is 16.7 Å². The van der Waals surface area contributed by atoms with Crippen LogP contribution in [0.5, 0.6) is 17.2 Å². The molecule has 0 aromatic heterocycles. The monoisotopic (exact) mass is 500 g/mol. The first-order valence-electron chi connectivity index (χ1n) is 12.9. The molecule has 0 radical (unpaired) electrons. The Morgan fingerprint density at radius 3 is 1.61 bits per heavy atom. The molecule has 0 fully saturated rings. The predicted octanol–water partition coefficient (Wildman–Crippen LogP) is 8.17. The Kier molecular flexibility index (Phi) is 6.93. The van der Waals surface area contributed by atoms with Gasteiger partial charge in [-0.15, -0.1) is 0 Å². The molecule has 1 atom stereocenters. The number of rotatable bonds is 7. The highest BCUT2D eigenvalue weighted by Crippen LogP contribution is 2.39. The van der Waals surface area contributed by atoms with Gasteiger partial charge >= 0.3 is 0 Å². The molecule has 0 aliphatic rings. The Hall–Kier alpha value is -4.50. The molecule has 0 heterocycles. The average Bonchev–Trinajstić information content (AvgIpc) is 2.94. The topological polar surface area (TPSA) is 60.7 Å². The molecule has 3 heteroatoms. The van der Waals surface area contributed by atoms with Crippen LogP contribution in [-0.2, 0) is 11.8 Å². The fourth-order valence-electron chi connectivity index (χ4n) is 5.21. The van der Waals surface area contributed by atoms with Crippen molar-refractivity contribution in [1.82, 2.24) is 0 Å². The van der Waals surface area contributed by atoms with Crippen molar-refractivity contribution in [3.63, 3.8) is 0 Å². The molecule has 0 spiro atoms. The van der Waals surface area contributed by atoms with Crippen molar-refractivity contribution < 1.29 is 15.3 Å². The Morgan fingerprint density at radius 2 is 1.03 bits per heavy atom. The zero-order chi connectivity index (χ0) is 26.7. The van der Waals surface area contributed by atoms with Crippen LogP contribution in [0.3, 0.4) is 0 Å². The highest BCUT2D eigenvalue weighted by atomic mass is 16.3. The molecule has 5 rings (SSSR count). The van der Waals surface area contributed by atoms with Crippen LogP contribution in [0.25, 0.3) is 11.1 Å². The fourth-order valence-corrected chi connectivity index (χ4v) is 5.21. The third kappa shape index (κ3) is 5.28. The van der Waals surface area contributed by atoms with Crippen molar-refractivity contribution in [2.75, 3.05) is 0 Å². The van der Waals surface area contributed by atoms with Crippen LogP contribution in [0.4, 0.5) is 0 Å². The lowest BCUT2D eigenvalue weighted by Crippen LogP contribution is -2.19. The molecular weight excluding hydrogens is 468 g/mol. The van der Waals surface area contributed by atoms with Crippen molar-refractivity contribution in [3.8, 4) is 28.4 Å². The summed E-state index contributed by atoms with van der Waals surface area (Å²) >= 11 is 0. The second-order valence-corrected chi connectivity index (χ2v) is 10.4. The first-order valence-corrected chi connectivity index (χ1v) is 12.9. The number of aromatic hydroxyl groups is 3. The maximum Gasteiger partial charge on any atom is 0.115 e. The van der Waals surface area contributed by atoms with Crippen LogP contribution in [0.15, 0.2) is 121 Å². The summed E-state index contributed by atoms with van der Waals surface area (Å²) in [5.41, 5.74) is 7.86. The first kappa shape index (κ1) is 25.2. The van der Waals surface area contributed by atoms with Gasteiger partial charge in [0, 0.05) is 11.3 Å². The van der Waals surface area contributed by atoms with Crippen LogP contribution in [0.1, 0.15) is 47.6 Å². The van der Waals surface area contributed by atoms with Gasteiger partial charge in [0.2, 0.25) is 0 Å². The van der Waals surface area contributed by atoms with Crippen molar-refractivity contribution in [3.05, 3.63) is 149 Å². The van der Waals surface area contributed by atoms with Crippen molar-refractivity contribution in [1.29, 1.82) is 0 Å². The molecule has 0 saturated carbocycles. The number of hydrogen-bond acceptors (Lipinski definition) is 3. The van der Waals surface area contributed by atoms with E-state index in [1.807, 2.05) is 36.4 Å². The lowest BCUT2D eigenvalue weighted by molar-refractivity contribution is 0.474. The van der Waals surface area contributed by atoms with Gasteiger partial charge < -0.3 is 15.3 Å². The Bertz CT molecular complexity index is 1500. The van der Waals surface area contributed by atoms with Gasteiger partial charge in [0.05, 0.1) is 0 Å². The molecule has 190 valence electrons. The Labute approximate surface area is 224 Å². The zero-order valence-electron chi connectivity index (χ0n) is 21.7. The predicted molar refractivity (Wildman–Crippen MR) is 154 cm³/mol. The maximum absolute atomic E-state index is 9.84. The molecule has 5 aromatic rings. The summed E-state index contributed by atoms with van der Waals surface area (Å²) in [6, 6.07) is 39.5. The molecule has 3 N–H and O–H groups in total. The van der Waals surface area contributed by atoms with Gasteiger partial charge in [0.15, 0.2) is 0 Å². The second kappa shape index (κ2) is 10.5. The lowest BCUT2D eigenvalue weighted by atomic mass is 9.75. The summed E-state index contributed by atoms with van der Waals surface area (Å²) in [6.07, 6.45) is 0.773. The van der Waals surface area contributed by atoms with Crippen molar-refractivity contribution in [2.45, 2.75) is 31.6 Å². The summed E-state index contributed by atoms with van der Waals surface area (Å²) in [6.45, 7) is 4.43. The van der Waals surface area contributed by atoms with Crippen molar-refractivity contribution in [2.24, 2.45) is 0 Å². The van der Waals surface area contributed by atoms with E-state index in [1.54, 1.807) is 36.4 Å². The standard InChI is InChI=1S/C35H32O3/c1-35(2,28-15-21-31(38)22-16-28)34-6-4-3-5-32(34)25-9-11-26(12-10-25)33(27-13-19-30(37)20-14-27)23-24-7-17-29(36)18-8-24/h3-22,33,36-38H,23H2,1-2H3. The van der Waals surface area contributed by atoms with Gasteiger partial charge in [-0.2, -0.15) is 0 Å². The minimum absolute atomic E-state index is 0.0953. The summed E-state index contributed by atoms with van der Waals surface area (Å²) in [4.78, 5) is 0. The van der Waals surface area contributed by atoms with E-state index in [0.717, 1.165) is 28.7 Å². The highest BCUT2D eigenvalue weighted by molar-refractivity contribution is 5.70. The SMILES string of the molecule is CC(C)(c1ccc(O)cc1)c1ccccc1-c1ccc(C(Cc2ccc(O)cc2)c2ccc(O)cc2)cc1. The van der Waals surface area contributed by atoms with Gasteiger partial charge in [0.1, 0.15) is 17.2 Å². The van der Waals surface area contributed by atoms with E-state index in [0.29, 0.717) is 0 Å². The second-order valence-electron chi connectivity index (χ2n) is 10.4. The summed E-state index contributed by atoms with van der Waals surface area (Å²) in [5.74, 6) is 0.871. The minimum atomic E-state index is -0.254. The fraction of sp³-hybridized carbons (Fsp3) is 0.143. The van der Waals surface area contributed by atoms with Gasteiger partial charge in [-0.3, -0.25) is 0 Å². The van der Waals surface area contributed by atoms with E-state index in [-0.39, 0.29) is 28.6 Å². The van der Waals surface area contributed by atoms with Crippen LogP contribution < -0.4 is 0 Å². The van der Waals surface area contributed by atoms with Crippen molar-refractivity contribution >= 4 is 0 Å². The molecule has 0 saturated heterocycles. The minimum Gasteiger partial charge on any atom is -0.508 e. The molecule has 0 bridgehead atoms. The molecule has 0 aliphatic heterocycles. The van der Waals surface area contributed by atoms with E-state index in [2.05, 4.69) is 62.4 Å². The van der Waals surface area contributed by atoms with Crippen LogP contribution in [-0.4, -0.2) is 15.3 Å². The molecule has 38 heavy (non-hydrogen) atoms.